The fourth-order valence-electron chi connectivity index (χ4n) is 3.04. The smallest absolute Gasteiger partial charge is 0.440 e. The summed E-state index contributed by atoms with van der Waals surface area (Å²) in [5.74, 6) is -2.32. The average Bonchev–Trinajstić information content (AvgIpc) is 3.16. The van der Waals surface area contributed by atoms with Gasteiger partial charge in [-0.1, -0.05) is 12.1 Å². The minimum absolute atomic E-state index is 0.0616. The molecule has 2 aromatic carbocycles. The van der Waals surface area contributed by atoms with Crippen molar-refractivity contribution in [2.45, 2.75) is 11.8 Å². The number of amides is 1. The first-order chi connectivity index (χ1) is 13.3. The third kappa shape index (κ3) is 2.48. The van der Waals surface area contributed by atoms with Crippen LogP contribution in [0.15, 0.2) is 48.5 Å². The van der Waals surface area contributed by atoms with E-state index in [2.05, 4.69) is 10.3 Å². The van der Waals surface area contributed by atoms with Gasteiger partial charge in [0.1, 0.15) is 5.75 Å². The molecule has 7 nitrogen and oxygen atoms in total. The molecule has 3 aromatic rings. The van der Waals surface area contributed by atoms with Crippen LogP contribution in [0.3, 0.4) is 0 Å². The highest BCUT2D eigenvalue weighted by Gasteiger charge is 2.66. The summed E-state index contributed by atoms with van der Waals surface area (Å²) in [6.07, 6.45) is -5.12. The molecule has 10 heteroatoms. The molecule has 1 aliphatic rings. The van der Waals surface area contributed by atoms with E-state index in [0.29, 0.717) is 11.3 Å². The normalized spacial score (nSPS) is 18.6. The van der Waals surface area contributed by atoms with Gasteiger partial charge in [0.05, 0.1) is 18.1 Å². The van der Waals surface area contributed by atoms with Gasteiger partial charge in [0.2, 0.25) is 5.95 Å². The van der Waals surface area contributed by atoms with Crippen molar-refractivity contribution >= 4 is 28.8 Å². The fraction of sp³-hybridized carbons (Fsp3) is 0.167. The lowest BCUT2D eigenvalue weighted by atomic mass is 10.1. The Morgan fingerprint density at radius 1 is 1.18 bits per heavy atom. The second-order valence-corrected chi connectivity index (χ2v) is 6.12. The summed E-state index contributed by atoms with van der Waals surface area (Å²) in [4.78, 5) is 29.3. The minimum Gasteiger partial charge on any atom is -0.497 e. The highest BCUT2D eigenvalue weighted by atomic mass is 19.4. The van der Waals surface area contributed by atoms with E-state index < -0.39 is 23.7 Å². The maximum Gasteiger partial charge on any atom is 0.440 e. The number of ether oxygens (including phenoxy) is 1. The zero-order valence-corrected chi connectivity index (χ0v) is 14.4. The van der Waals surface area contributed by atoms with Crippen molar-refractivity contribution in [1.29, 1.82) is 0 Å². The number of fused-ring (bicyclic) bond motifs is 3. The Labute approximate surface area is 156 Å². The molecule has 0 bridgehead atoms. The largest absolute Gasteiger partial charge is 0.497 e. The third-order valence-electron chi connectivity index (χ3n) is 4.46. The van der Waals surface area contributed by atoms with E-state index in [0.717, 1.165) is 4.57 Å². The highest BCUT2D eigenvalue weighted by molar-refractivity contribution is 6.08. The maximum absolute atomic E-state index is 13.9. The van der Waals surface area contributed by atoms with E-state index >= 15 is 0 Å². The Balaban J connectivity index is 1.74. The Morgan fingerprint density at radius 3 is 2.50 bits per heavy atom. The molecule has 2 heterocycles. The van der Waals surface area contributed by atoms with Crippen LogP contribution in [-0.2, 0) is 0 Å². The van der Waals surface area contributed by atoms with Crippen molar-refractivity contribution < 1.29 is 27.5 Å². The van der Waals surface area contributed by atoms with Crippen LogP contribution in [-0.4, -0.2) is 40.3 Å². The fourth-order valence-corrected chi connectivity index (χ4v) is 3.04. The molecule has 0 radical (unpaired) electrons. The van der Waals surface area contributed by atoms with Crippen molar-refractivity contribution in [3.05, 3.63) is 54.1 Å². The van der Waals surface area contributed by atoms with E-state index in [9.17, 15) is 22.8 Å². The zero-order chi connectivity index (χ0) is 20.1. The van der Waals surface area contributed by atoms with E-state index in [4.69, 9.17) is 4.74 Å². The van der Waals surface area contributed by atoms with Gasteiger partial charge in [-0.2, -0.15) is 13.2 Å². The van der Waals surface area contributed by atoms with Crippen molar-refractivity contribution in [3.8, 4) is 5.75 Å². The Morgan fingerprint density at radius 2 is 1.86 bits per heavy atom. The zero-order valence-electron chi connectivity index (χ0n) is 14.4. The van der Waals surface area contributed by atoms with Gasteiger partial charge in [-0.3, -0.25) is 9.59 Å². The van der Waals surface area contributed by atoms with Gasteiger partial charge >= 0.3 is 6.18 Å². The molecule has 1 unspecified atom stereocenters. The second-order valence-electron chi connectivity index (χ2n) is 6.12. The maximum atomic E-state index is 13.9. The average molecular weight is 390 g/mol. The van der Waals surface area contributed by atoms with Crippen molar-refractivity contribution in [2.24, 2.45) is 0 Å². The number of hydrogen-bond donors (Lipinski definition) is 2. The molecule has 1 aromatic heterocycles. The predicted octanol–water partition coefficient (Wildman–Crippen LogP) is 2.80. The first-order valence-electron chi connectivity index (χ1n) is 8.10. The number of anilines is 1. The summed E-state index contributed by atoms with van der Waals surface area (Å²) < 4.78 is 47.6. The van der Waals surface area contributed by atoms with E-state index in [1.807, 2.05) is 5.32 Å². The number of carbonyl (C=O) groups is 2. The highest BCUT2D eigenvalue weighted by Crippen LogP contribution is 2.39. The van der Waals surface area contributed by atoms with Gasteiger partial charge in [0.25, 0.3) is 17.5 Å². The van der Waals surface area contributed by atoms with Gasteiger partial charge < -0.3 is 15.4 Å². The van der Waals surface area contributed by atoms with Crippen molar-refractivity contribution in [3.63, 3.8) is 0 Å². The monoisotopic (exact) mass is 390 g/mol. The number of carbonyl (C=O) groups excluding carboxylic acids is 2. The Kier molecular flexibility index (Phi) is 3.81. The number of methoxy groups -OCH3 is 1. The quantitative estimate of drug-likeness (QED) is 0.719. The Bertz CT molecular complexity index is 1090. The SMILES string of the molecule is COc1ccc(C(=O)NC2(C(F)(F)F)Nc3nc4ccccc4n3C2=O)cc1. The first-order valence-corrected chi connectivity index (χ1v) is 8.10. The van der Waals surface area contributed by atoms with Crippen molar-refractivity contribution in [2.75, 3.05) is 12.4 Å². The predicted molar refractivity (Wildman–Crippen MR) is 93.2 cm³/mol. The number of alkyl halides is 3. The standard InChI is InChI=1S/C18H13F3N4O3/c1-28-11-8-6-10(7-9-11)14(26)23-17(18(19,20)21)15(27)25-13-5-3-2-4-12(13)22-16(25)24-17/h2-9H,1H3,(H,22,24)(H,23,26). The lowest BCUT2D eigenvalue weighted by Gasteiger charge is -2.30. The van der Waals surface area contributed by atoms with Crippen LogP contribution in [0.25, 0.3) is 11.0 Å². The molecule has 28 heavy (non-hydrogen) atoms. The van der Waals surface area contributed by atoms with Crippen molar-refractivity contribution in [1.82, 2.24) is 14.9 Å². The number of imidazole rings is 1. The molecule has 1 amide bonds. The lowest BCUT2D eigenvalue weighted by molar-refractivity contribution is -0.169. The molecule has 4 rings (SSSR count). The number of halogens is 3. The molecule has 2 N–H and O–H groups in total. The molecule has 1 atom stereocenters. The summed E-state index contributed by atoms with van der Waals surface area (Å²) in [7, 11) is 1.42. The molecule has 0 spiro atoms. The van der Waals surface area contributed by atoms with Gasteiger partial charge in [-0.05, 0) is 36.4 Å². The number of hydrogen-bond acceptors (Lipinski definition) is 5. The number of nitrogens with zero attached hydrogens (tertiary/aromatic N) is 2. The molecular weight excluding hydrogens is 377 g/mol. The summed E-state index contributed by atoms with van der Waals surface area (Å²) in [6.45, 7) is 0. The topological polar surface area (TPSA) is 85.2 Å². The van der Waals surface area contributed by atoms with E-state index in [-0.39, 0.29) is 17.0 Å². The second kappa shape index (κ2) is 5.98. The first kappa shape index (κ1) is 17.8. The number of nitrogens with one attached hydrogen (secondary N) is 2. The molecule has 0 saturated carbocycles. The minimum atomic E-state index is -5.12. The summed E-state index contributed by atoms with van der Waals surface area (Å²) in [6, 6.07) is 11.7. The van der Waals surface area contributed by atoms with Gasteiger partial charge in [-0.25, -0.2) is 9.55 Å². The summed E-state index contributed by atoms with van der Waals surface area (Å²) >= 11 is 0. The molecule has 1 aliphatic heterocycles. The van der Waals surface area contributed by atoms with Crippen LogP contribution in [0.1, 0.15) is 15.2 Å². The molecular formula is C18H13F3N4O3. The van der Waals surface area contributed by atoms with Gasteiger partial charge in [0, 0.05) is 5.56 Å². The number of rotatable bonds is 3. The van der Waals surface area contributed by atoms with Crippen LogP contribution in [0.2, 0.25) is 0 Å². The van der Waals surface area contributed by atoms with E-state index in [1.54, 1.807) is 18.2 Å². The van der Waals surface area contributed by atoms with Gasteiger partial charge in [-0.15, -0.1) is 0 Å². The van der Waals surface area contributed by atoms with Crippen LogP contribution < -0.4 is 15.4 Å². The molecule has 0 saturated heterocycles. The van der Waals surface area contributed by atoms with Crippen LogP contribution in [0.5, 0.6) is 5.75 Å². The number of aromatic nitrogens is 2. The molecule has 0 fully saturated rings. The number of benzene rings is 2. The number of para-hydroxylation sites is 2. The van der Waals surface area contributed by atoms with Gasteiger partial charge in [0.15, 0.2) is 0 Å². The summed E-state index contributed by atoms with van der Waals surface area (Å²) in [5, 5.41) is 3.88. The molecule has 0 aliphatic carbocycles. The van der Waals surface area contributed by atoms with Crippen LogP contribution in [0, 0.1) is 0 Å². The van der Waals surface area contributed by atoms with Crippen LogP contribution >= 0.6 is 0 Å². The van der Waals surface area contributed by atoms with Crippen LogP contribution in [0.4, 0.5) is 19.1 Å². The molecule has 144 valence electrons. The van der Waals surface area contributed by atoms with E-state index in [1.165, 1.54) is 37.4 Å². The lowest BCUT2D eigenvalue weighted by Crippen LogP contribution is -2.67. The third-order valence-corrected chi connectivity index (χ3v) is 4.46. The summed E-state index contributed by atoms with van der Waals surface area (Å²) in [5.41, 5.74) is -2.82. The Hall–Kier alpha value is -3.56.